The van der Waals surface area contributed by atoms with Crippen LogP contribution in [0.3, 0.4) is 0 Å². The molecule has 2 aliphatic rings. The summed E-state index contributed by atoms with van der Waals surface area (Å²) in [7, 11) is 0. The predicted molar refractivity (Wildman–Crippen MR) is 130 cm³/mol. The average Bonchev–Trinajstić information content (AvgIpc) is 3.30. The van der Waals surface area contributed by atoms with Crippen LogP contribution in [0.25, 0.3) is 0 Å². The molecule has 0 radical (unpaired) electrons. The fourth-order valence-corrected chi connectivity index (χ4v) is 4.99. The monoisotopic (exact) mass is 478 g/mol. The fourth-order valence-electron chi connectivity index (χ4n) is 4.76. The molecule has 178 valence electrons. The van der Waals surface area contributed by atoms with Crippen LogP contribution >= 0.6 is 11.6 Å². The van der Waals surface area contributed by atoms with E-state index < -0.39 is 11.7 Å². The van der Waals surface area contributed by atoms with E-state index in [1.807, 2.05) is 19.1 Å². The van der Waals surface area contributed by atoms with Crippen molar-refractivity contribution in [3.05, 3.63) is 64.9 Å². The van der Waals surface area contributed by atoms with Crippen molar-refractivity contribution < 1.29 is 13.2 Å². The Balaban J connectivity index is 1.48. The lowest BCUT2D eigenvalue weighted by Crippen LogP contribution is -2.43. The minimum absolute atomic E-state index is 0.352. The van der Waals surface area contributed by atoms with Gasteiger partial charge >= 0.3 is 6.18 Å². The van der Waals surface area contributed by atoms with Crippen molar-refractivity contribution >= 4 is 28.7 Å². The second kappa shape index (κ2) is 9.85. The van der Waals surface area contributed by atoms with Crippen molar-refractivity contribution in [3.63, 3.8) is 0 Å². The van der Waals surface area contributed by atoms with Crippen molar-refractivity contribution in [2.45, 2.75) is 44.8 Å². The number of nitrogens with zero attached hydrogens (tertiary/aromatic N) is 2. The Labute approximate surface area is 198 Å². The number of rotatable bonds is 6. The van der Waals surface area contributed by atoms with Crippen LogP contribution in [0, 0.1) is 6.92 Å². The predicted octanol–water partition coefficient (Wildman–Crippen LogP) is 6.73. The summed E-state index contributed by atoms with van der Waals surface area (Å²) in [5, 5.41) is 6.74. The quantitative estimate of drug-likeness (QED) is 0.482. The molecule has 8 heteroatoms. The first kappa shape index (κ1) is 23.8. The lowest BCUT2D eigenvalue weighted by atomic mass is 10.0. The summed E-state index contributed by atoms with van der Waals surface area (Å²) in [6, 6.07) is 10.1. The van der Waals surface area contributed by atoms with E-state index in [1.54, 1.807) is 12.1 Å². The molecule has 0 spiro atoms. The zero-order valence-electron chi connectivity index (χ0n) is 18.8. The zero-order chi connectivity index (χ0) is 23.6. The Bertz CT molecular complexity index is 994. The summed E-state index contributed by atoms with van der Waals surface area (Å²) in [5.74, 6) is 0.387. The fraction of sp³-hybridized carbons (Fsp3) is 0.440. The van der Waals surface area contributed by atoms with Gasteiger partial charge < -0.3 is 20.4 Å². The van der Waals surface area contributed by atoms with Gasteiger partial charge in [-0.3, -0.25) is 0 Å². The summed E-state index contributed by atoms with van der Waals surface area (Å²) in [4.78, 5) is 4.59. The molecule has 0 atom stereocenters. The largest absolute Gasteiger partial charge is 0.416 e. The molecule has 0 aliphatic carbocycles. The topological polar surface area (TPSA) is 30.5 Å². The molecule has 0 amide bonds. The Morgan fingerprint density at radius 2 is 1.70 bits per heavy atom. The summed E-state index contributed by atoms with van der Waals surface area (Å²) < 4.78 is 41.0. The molecule has 0 saturated carbocycles. The summed E-state index contributed by atoms with van der Waals surface area (Å²) in [5.41, 5.74) is 1.97. The first-order chi connectivity index (χ1) is 15.7. The van der Waals surface area contributed by atoms with Gasteiger partial charge in [-0.25, -0.2) is 0 Å². The lowest BCUT2D eigenvalue weighted by molar-refractivity contribution is -0.137. The van der Waals surface area contributed by atoms with Crippen molar-refractivity contribution in [2.24, 2.45) is 0 Å². The molecule has 2 heterocycles. The maximum atomic E-state index is 13.7. The van der Waals surface area contributed by atoms with Gasteiger partial charge in [-0.15, -0.1) is 0 Å². The molecule has 0 bridgehead atoms. The highest BCUT2D eigenvalue weighted by molar-refractivity contribution is 6.30. The molecule has 4 nitrogen and oxygen atoms in total. The second-order valence-electron chi connectivity index (χ2n) is 8.92. The first-order valence-electron chi connectivity index (χ1n) is 11.4. The highest BCUT2D eigenvalue weighted by Crippen LogP contribution is 2.36. The van der Waals surface area contributed by atoms with E-state index in [9.17, 15) is 13.2 Å². The Morgan fingerprint density at radius 3 is 2.33 bits per heavy atom. The number of benzene rings is 2. The lowest BCUT2D eigenvalue weighted by Gasteiger charge is -2.38. The molecule has 2 aromatic rings. The van der Waals surface area contributed by atoms with Gasteiger partial charge in [0.2, 0.25) is 0 Å². The summed E-state index contributed by atoms with van der Waals surface area (Å²) >= 11 is 6.00. The van der Waals surface area contributed by atoms with Crippen LogP contribution in [-0.2, 0) is 6.18 Å². The molecule has 0 unspecified atom stereocenters. The van der Waals surface area contributed by atoms with Crippen LogP contribution in [0.15, 0.2) is 48.8 Å². The Morgan fingerprint density at radius 1 is 1.00 bits per heavy atom. The number of hydrogen-bond acceptors (Lipinski definition) is 4. The normalized spacial score (nSPS) is 17.9. The van der Waals surface area contributed by atoms with Gasteiger partial charge in [-0.1, -0.05) is 18.2 Å². The van der Waals surface area contributed by atoms with Gasteiger partial charge in [0, 0.05) is 41.2 Å². The van der Waals surface area contributed by atoms with Crippen LogP contribution in [0.1, 0.15) is 36.8 Å². The number of halogens is 4. The molecule has 2 saturated heterocycles. The number of aryl methyl sites for hydroxylation is 1. The zero-order valence-corrected chi connectivity index (χ0v) is 19.6. The van der Waals surface area contributed by atoms with Gasteiger partial charge in [-0.2, -0.15) is 13.2 Å². The van der Waals surface area contributed by atoms with Crippen molar-refractivity contribution in [1.82, 2.24) is 4.90 Å². The van der Waals surface area contributed by atoms with Crippen LogP contribution in [0.2, 0.25) is 5.02 Å². The Hall–Kier alpha value is -2.38. The molecule has 4 rings (SSSR count). The second-order valence-corrected chi connectivity index (χ2v) is 9.35. The molecule has 2 N–H and O–H groups in total. The van der Waals surface area contributed by atoms with E-state index in [0.29, 0.717) is 28.3 Å². The van der Waals surface area contributed by atoms with Gasteiger partial charge in [0.25, 0.3) is 0 Å². The van der Waals surface area contributed by atoms with E-state index in [2.05, 4.69) is 27.0 Å². The maximum Gasteiger partial charge on any atom is 0.416 e. The summed E-state index contributed by atoms with van der Waals surface area (Å²) in [6.07, 6.45) is 0.0146. The molecular formula is C25H30ClF3N4. The molecule has 2 aliphatic heterocycles. The number of likely N-dealkylation sites (tertiary alicyclic amines) is 1. The van der Waals surface area contributed by atoms with Crippen molar-refractivity contribution in [2.75, 3.05) is 41.7 Å². The average molecular weight is 479 g/mol. The third-order valence-corrected chi connectivity index (χ3v) is 6.74. The molecule has 2 aromatic carbocycles. The van der Waals surface area contributed by atoms with E-state index in [-0.39, 0.29) is 0 Å². The standard InChI is InChI=1S/C25H30ClF3N4/c1-17-13-20(26)5-6-24(17)31-18(2)30-21-14-19(25(27,28)29)15-23(16-21)33-11-7-22(8-12-33)32-9-3-4-10-32/h5-6,13-16,22,30-31H,2-4,7-12H2,1H3. The number of nitrogens with one attached hydrogen (secondary N) is 2. The van der Waals surface area contributed by atoms with Crippen molar-refractivity contribution in [1.29, 1.82) is 0 Å². The minimum atomic E-state index is -4.43. The van der Waals surface area contributed by atoms with Crippen molar-refractivity contribution in [3.8, 4) is 0 Å². The first-order valence-corrected chi connectivity index (χ1v) is 11.8. The third kappa shape index (κ3) is 5.95. The van der Waals surface area contributed by atoms with Gasteiger partial charge in [-0.05, 0) is 87.7 Å². The SMILES string of the molecule is C=C(Nc1cc(N2CCC(N3CCCC3)CC2)cc(C(F)(F)F)c1)Nc1ccc(Cl)cc1C. The van der Waals surface area contributed by atoms with Crippen LogP contribution < -0.4 is 15.5 Å². The van der Waals surface area contributed by atoms with Crippen LogP contribution in [-0.4, -0.2) is 37.1 Å². The smallest absolute Gasteiger partial charge is 0.371 e. The highest BCUT2D eigenvalue weighted by atomic mass is 35.5. The molecule has 2 fully saturated rings. The third-order valence-electron chi connectivity index (χ3n) is 6.50. The van der Waals surface area contributed by atoms with Gasteiger partial charge in [0.15, 0.2) is 0 Å². The Kier molecular flexibility index (Phi) is 7.10. The molecule has 33 heavy (non-hydrogen) atoms. The summed E-state index contributed by atoms with van der Waals surface area (Å²) in [6.45, 7) is 9.64. The molecule has 0 aromatic heterocycles. The maximum absolute atomic E-state index is 13.7. The van der Waals surface area contributed by atoms with Crippen LogP contribution in [0.4, 0.5) is 30.2 Å². The number of hydrogen-bond donors (Lipinski definition) is 2. The van der Waals surface area contributed by atoms with E-state index in [1.165, 1.54) is 18.9 Å². The number of piperidine rings is 1. The van der Waals surface area contributed by atoms with Crippen LogP contribution in [0.5, 0.6) is 0 Å². The van der Waals surface area contributed by atoms with E-state index in [0.717, 1.165) is 56.3 Å². The van der Waals surface area contributed by atoms with E-state index in [4.69, 9.17) is 11.6 Å². The molecular weight excluding hydrogens is 449 g/mol. The van der Waals surface area contributed by atoms with Gasteiger partial charge in [0.05, 0.1) is 5.56 Å². The van der Waals surface area contributed by atoms with Gasteiger partial charge in [0.1, 0.15) is 5.82 Å². The number of alkyl halides is 3. The van der Waals surface area contributed by atoms with E-state index >= 15 is 0 Å². The highest BCUT2D eigenvalue weighted by Gasteiger charge is 2.33. The minimum Gasteiger partial charge on any atom is -0.371 e. The number of anilines is 3.